The molecular formula is C23H34N8O4. The molecule has 2 aromatic rings. The summed E-state index contributed by atoms with van der Waals surface area (Å²) in [5.41, 5.74) is 2.16. The second-order valence-corrected chi connectivity index (χ2v) is 10.1. The van der Waals surface area contributed by atoms with Gasteiger partial charge in [-0.3, -0.25) is 14.8 Å². The lowest BCUT2D eigenvalue weighted by Gasteiger charge is -2.46. The van der Waals surface area contributed by atoms with Crippen molar-refractivity contribution in [2.75, 3.05) is 38.2 Å². The quantitative estimate of drug-likeness (QED) is 0.672. The molecule has 0 bridgehead atoms. The van der Waals surface area contributed by atoms with E-state index in [0.717, 1.165) is 50.4 Å². The smallest absolute Gasteiger partial charge is 0.321 e. The summed E-state index contributed by atoms with van der Waals surface area (Å²) in [4.78, 5) is 32.6. The molecule has 5 heterocycles. The van der Waals surface area contributed by atoms with E-state index in [0.29, 0.717) is 36.6 Å². The van der Waals surface area contributed by atoms with Crippen LogP contribution in [0.25, 0.3) is 0 Å². The van der Waals surface area contributed by atoms with E-state index in [9.17, 15) is 9.59 Å². The van der Waals surface area contributed by atoms with E-state index in [4.69, 9.17) is 4.74 Å². The number of rotatable bonds is 4. The molecule has 3 aliphatic rings. The molecule has 12 heteroatoms. The number of fused-ring (bicyclic) bond motifs is 1. The molecule has 0 spiro atoms. The molecule has 190 valence electrons. The number of urea groups is 1. The molecule has 5 rings (SSSR count). The van der Waals surface area contributed by atoms with Crippen molar-refractivity contribution in [1.82, 2.24) is 35.2 Å². The van der Waals surface area contributed by atoms with Crippen LogP contribution in [0.15, 0.2) is 4.63 Å². The lowest BCUT2D eigenvalue weighted by Crippen LogP contribution is -2.60. The van der Waals surface area contributed by atoms with Crippen molar-refractivity contribution in [1.29, 1.82) is 0 Å². The second kappa shape index (κ2) is 9.57. The number of aromatic amines is 1. The first-order chi connectivity index (χ1) is 16.8. The molecule has 2 fully saturated rings. The molecule has 2 aromatic heterocycles. The van der Waals surface area contributed by atoms with E-state index in [2.05, 4.69) is 49.2 Å². The monoisotopic (exact) mass is 486 g/mol. The number of anilines is 1. The first-order valence-corrected chi connectivity index (χ1v) is 12.4. The maximum Gasteiger partial charge on any atom is 0.321 e. The molecule has 1 unspecified atom stereocenters. The number of aromatic nitrogens is 4. The van der Waals surface area contributed by atoms with E-state index in [1.54, 1.807) is 6.92 Å². The highest BCUT2D eigenvalue weighted by molar-refractivity contribution is 6.03. The Morgan fingerprint density at radius 2 is 1.86 bits per heavy atom. The second-order valence-electron chi connectivity index (χ2n) is 10.1. The molecule has 35 heavy (non-hydrogen) atoms. The highest BCUT2D eigenvalue weighted by Crippen LogP contribution is 2.37. The topological polar surface area (TPSA) is 133 Å². The Kier molecular flexibility index (Phi) is 6.49. The van der Waals surface area contributed by atoms with Gasteiger partial charge in [-0.2, -0.15) is 5.10 Å². The van der Waals surface area contributed by atoms with Gasteiger partial charge in [0.05, 0.1) is 18.3 Å². The van der Waals surface area contributed by atoms with Crippen LogP contribution in [0.4, 0.5) is 10.6 Å². The minimum atomic E-state index is -0.446. The predicted octanol–water partition coefficient (Wildman–Crippen LogP) is 2.17. The number of carbonyl (C=O) groups is 2. The van der Waals surface area contributed by atoms with Crippen LogP contribution in [0.5, 0.6) is 0 Å². The maximum atomic E-state index is 13.7. The average molecular weight is 487 g/mol. The van der Waals surface area contributed by atoms with Crippen molar-refractivity contribution in [3.8, 4) is 0 Å². The fourth-order valence-corrected chi connectivity index (χ4v) is 5.43. The summed E-state index contributed by atoms with van der Waals surface area (Å²) in [5.74, 6) is 0.623. The van der Waals surface area contributed by atoms with E-state index in [1.807, 2.05) is 16.7 Å². The van der Waals surface area contributed by atoms with Crippen molar-refractivity contribution in [3.63, 3.8) is 0 Å². The number of hydrogen-bond acceptors (Lipinski definition) is 8. The first-order valence-electron chi connectivity index (χ1n) is 12.4. The van der Waals surface area contributed by atoms with Crippen LogP contribution in [0, 0.1) is 12.8 Å². The number of nitrogens with zero attached hydrogens (tertiary/aromatic N) is 6. The molecule has 12 nitrogen and oxygen atoms in total. The highest BCUT2D eigenvalue weighted by atomic mass is 16.6. The molecule has 3 atom stereocenters. The van der Waals surface area contributed by atoms with E-state index < -0.39 is 5.91 Å². The van der Waals surface area contributed by atoms with Crippen LogP contribution in [-0.2, 0) is 11.3 Å². The SMILES string of the molecule is Cc1nonc1C(=O)Nc1n[nH]c2c1CN(C(=O)N1C[C@@H](C)N(CC3CCOCC3)C[C@@H]1C)C2C. The fourth-order valence-electron chi connectivity index (χ4n) is 5.43. The number of piperazine rings is 1. The van der Waals surface area contributed by atoms with Crippen molar-refractivity contribution < 1.29 is 19.0 Å². The zero-order chi connectivity index (χ0) is 24.7. The number of hydrogen-bond donors (Lipinski definition) is 2. The van der Waals surface area contributed by atoms with Crippen molar-refractivity contribution in [2.24, 2.45) is 5.92 Å². The van der Waals surface area contributed by atoms with Crippen LogP contribution in [0.1, 0.15) is 67.1 Å². The summed E-state index contributed by atoms with van der Waals surface area (Å²) in [6.45, 7) is 12.7. The van der Waals surface area contributed by atoms with E-state index in [-0.39, 0.29) is 23.8 Å². The molecule has 0 saturated carbocycles. The van der Waals surface area contributed by atoms with Crippen molar-refractivity contribution >= 4 is 17.8 Å². The minimum absolute atomic E-state index is 0.0148. The Balaban J connectivity index is 1.23. The summed E-state index contributed by atoms with van der Waals surface area (Å²) in [6, 6.07) is 0.254. The lowest BCUT2D eigenvalue weighted by molar-refractivity contribution is 0.0127. The van der Waals surface area contributed by atoms with Crippen LogP contribution in [-0.4, -0.2) is 92.1 Å². The molecular weight excluding hydrogens is 452 g/mol. The molecule has 3 aliphatic heterocycles. The number of H-pyrrole nitrogens is 1. The third-order valence-corrected chi connectivity index (χ3v) is 7.65. The van der Waals surface area contributed by atoms with Gasteiger partial charge in [0.25, 0.3) is 5.91 Å². The zero-order valence-electron chi connectivity index (χ0n) is 20.8. The highest BCUT2D eigenvalue weighted by Gasteiger charge is 2.41. The fraction of sp³-hybridized carbons (Fsp3) is 0.696. The van der Waals surface area contributed by atoms with Gasteiger partial charge in [-0.25, -0.2) is 9.42 Å². The molecule has 2 N–H and O–H groups in total. The summed E-state index contributed by atoms with van der Waals surface area (Å²) in [5, 5.41) is 17.3. The third-order valence-electron chi connectivity index (χ3n) is 7.65. The van der Waals surface area contributed by atoms with Gasteiger partial charge in [0.1, 0.15) is 5.69 Å². The Morgan fingerprint density at radius 1 is 1.09 bits per heavy atom. The van der Waals surface area contributed by atoms with E-state index in [1.165, 1.54) is 0 Å². The standard InChI is InChI=1S/C23H34N8O4/c1-13-10-30(14(2)9-29(13)11-17-5-7-34-8-6-17)23(33)31-12-18-20(16(31)4)25-26-21(18)24-22(32)19-15(3)27-35-28-19/h13-14,16-17H,5-12H2,1-4H3,(H2,24,25,26,32)/t13-,14+,16?/m1/s1. The normalized spacial score (nSPS) is 25.7. The largest absolute Gasteiger partial charge is 0.381 e. The number of nitrogens with one attached hydrogen (secondary N) is 2. The zero-order valence-corrected chi connectivity index (χ0v) is 20.8. The maximum absolute atomic E-state index is 13.7. The average Bonchev–Trinajstić information content (AvgIpc) is 3.53. The van der Waals surface area contributed by atoms with Gasteiger partial charge in [0, 0.05) is 50.5 Å². The molecule has 3 amide bonds. The Morgan fingerprint density at radius 3 is 2.57 bits per heavy atom. The minimum Gasteiger partial charge on any atom is -0.381 e. The van der Waals surface area contributed by atoms with Gasteiger partial charge in [0.15, 0.2) is 11.5 Å². The Bertz CT molecular complexity index is 1080. The number of ether oxygens (including phenoxy) is 1. The van der Waals surface area contributed by atoms with E-state index >= 15 is 0 Å². The van der Waals surface area contributed by atoms with Gasteiger partial charge in [0.2, 0.25) is 0 Å². The predicted molar refractivity (Wildman–Crippen MR) is 126 cm³/mol. The molecule has 0 aliphatic carbocycles. The summed E-state index contributed by atoms with van der Waals surface area (Å²) >= 11 is 0. The molecule has 0 radical (unpaired) electrons. The summed E-state index contributed by atoms with van der Waals surface area (Å²) in [6.07, 6.45) is 2.23. The number of carbonyl (C=O) groups excluding carboxylic acids is 2. The van der Waals surface area contributed by atoms with Crippen molar-refractivity contribution in [3.05, 3.63) is 22.6 Å². The van der Waals surface area contributed by atoms with Crippen LogP contribution >= 0.6 is 0 Å². The first kappa shape index (κ1) is 23.7. The summed E-state index contributed by atoms with van der Waals surface area (Å²) < 4.78 is 10.1. The number of amides is 3. The van der Waals surface area contributed by atoms with Gasteiger partial charge in [-0.15, -0.1) is 0 Å². The van der Waals surface area contributed by atoms with Crippen molar-refractivity contribution in [2.45, 2.75) is 65.2 Å². The summed E-state index contributed by atoms with van der Waals surface area (Å²) in [7, 11) is 0. The number of aryl methyl sites for hydroxylation is 1. The van der Waals surface area contributed by atoms with Gasteiger partial charge < -0.3 is 19.9 Å². The van der Waals surface area contributed by atoms with Crippen LogP contribution < -0.4 is 5.32 Å². The Hall–Kier alpha value is -2.99. The van der Waals surface area contributed by atoms with Gasteiger partial charge in [-0.1, -0.05) is 5.16 Å². The molecule has 2 saturated heterocycles. The van der Waals surface area contributed by atoms with Crippen LogP contribution in [0.3, 0.4) is 0 Å². The van der Waals surface area contributed by atoms with Gasteiger partial charge >= 0.3 is 6.03 Å². The lowest BCUT2D eigenvalue weighted by atomic mass is 9.97. The Labute approximate surface area is 204 Å². The molecule has 0 aromatic carbocycles. The van der Waals surface area contributed by atoms with Gasteiger partial charge in [-0.05, 0) is 51.6 Å². The van der Waals surface area contributed by atoms with Crippen LogP contribution in [0.2, 0.25) is 0 Å². The third kappa shape index (κ3) is 4.52.